The van der Waals surface area contributed by atoms with Crippen LogP contribution in [0.25, 0.3) is 0 Å². The maximum absolute atomic E-state index is 12.0. The van der Waals surface area contributed by atoms with Crippen LogP contribution < -0.4 is 10.8 Å². The predicted octanol–water partition coefficient (Wildman–Crippen LogP) is 2.13. The molecule has 2 heterocycles. The number of carbonyl (C=O) groups excluding carboxylic acids is 1. The second-order valence-corrected chi connectivity index (χ2v) is 6.97. The van der Waals surface area contributed by atoms with Crippen molar-refractivity contribution in [3.8, 4) is 0 Å². The van der Waals surface area contributed by atoms with Crippen LogP contribution >= 0.6 is 11.6 Å². The van der Waals surface area contributed by atoms with Crippen LogP contribution in [0.2, 0.25) is 5.15 Å². The van der Waals surface area contributed by atoms with E-state index in [0.29, 0.717) is 29.7 Å². The van der Waals surface area contributed by atoms with Crippen LogP contribution in [0.1, 0.15) is 33.6 Å². The molecule has 0 bridgehead atoms. The summed E-state index contributed by atoms with van der Waals surface area (Å²) in [6, 6.07) is 3.49. The van der Waals surface area contributed by atoms with Gasteiger partial charge in [-0.2, -0.15) is 5.48 Å². The Kier molecular flexibility index (Phi) is 5.67. The first-order valence-corrected chi connectivity index (χ1v) is 8.05. The molecular formula is C15H24ClN4O3+. The lowest BCUT2D eigenvalue weighted by atomic mass is 10.1. The van der Waals surface area contributed by atoms with Crippen molar-refractivity contribution < 1.29 is 20.2 Å². The lowest BCUT2D eigenvalue weighted by Gasteiger charge is -2.33. The van der Waals surface area contributed by atoms with Crippen LogP contribution in [0.15, 0.2) is 12.1 Å². The first kappa shape index (κ1) is 17.8. The van der Waals surface area contributed by atoms with Crippen LogP contribution in [-0.4, -0.2) is 45.9 Å². The average Bonchev–Trinajstić information content (AvgIpc) is 2.46. The summed E-state index contributed by atoms with van der Waals surface area (Å²) in [5.74, 6) is 0.552. The number of nitrogens with zero attached hydrogens (tertiary/aromatic N) is 2. The first-order chi connectivity index (χ1) is 10.8. The van der Waals surface area contributed by atoms with Gasteiger partial charge in [-0.25, -0.2) is 15.0 Å². The Morgan fingerprint density at radius 2 is 2.09 bits per heavy atom. The number of nitrogens with one attached hydrogen (secondary N) is 1. The summed E-state index contributed by atoms with van der Waals surface area (Å²) in [5.41, 5.74) is 1.11. The maximum atomic E-state index is 12.0. The molecule has 2 rings (SSSR count). The Hall–Kier alpha value is -1.57. The van der Waals surface area contributed by atoms with Crippen LogP contribution in [0.4, 0.5) is 16.3 Å². The van der Waals surface area contributed by atoms with Gasteiger partial charge in [-0.15, -0.1) is 0 Å². The van der Waals surface area contributed by atoms with Crippen molar-refractivity contribution in [1.29, 1.82) is 0 Å². The van der Waals surface area contributed by atoms with E-state index < -0.39 is 5.60 Å². The summed E-state index contributed by atoms with van der Waals surface area (Å²) < 4.78 is 5.38. The number of hydrogen-bond donors (Lipinski definition) is 3. The quantitative estimate of drug-likeness (QED) is 0.577. The molecule has 1 saturated heterocycles. The average molecular weight is 344 g/mol. The number of ether oxygens (including phenoxy) is 1. The van der Waals surface area contributed by atoms with Crippen molar-refractivity contribution in [2.75, 3.05) is 18.4 Å². The zero-order valence-electron chi connectivity index (χ0n) is 13.7. The third kappa shape index (κ3) is 5.23. The van der Waals surface area contributed by atoms with Gasteiger partial charge in [0.1, 0.15) is 10.8 Å². The maximum Gasteiger partial charge on any atom is 0.410 e. The monoisotopic (exact) mass is 343 g/mol. The molecule has 0 saturated carbocycles. The molecule has 1 amide bonds. The summed E-state index contributed by atoms with van der Waals surface area (Å²) in [5, 5.41) is 12.9. The number of anilines is 1. The molecule has 1 aromatic rings. The fourth-order valence-electron chi connectivity index (χ4n) is 2.39. The summed E-state index contributed by atoms with van der Waals surface area (Å²) in [6.45, 7) is 6.81. The first-order valence-electron chi connectivity index (χ1n) is 7.67. The molecule has 1 aliphatic heterocycles. The molecule has 0 unspecified atom stereocenters. The zero-order valence-corrected chi connectivity index (χ0v) is 14.4. The molecule has 0 aromatic carbocycles. The number of likely N-dealkylation sites (tertiary alicyclic amines) is 1. The summed E-state index contributed by atoms with van der Waals surface area (Å²) in [4.78, 5) is 18.0. The van der Waals surface area contributed by atoms with Gasteiger partial charge in [0.25, 0.3) is 0 Å². The van der Waals surface area contributed by atoms with E-state index in [4.69, 9.17) is 16.3 Å². The van der Waals surface area contributed by atoms with Gasteiger partial charge in [0.15, 0.2) is 5.82 Å². The summed E-state index contributed by atoms with van der Waals surface area (Å²) >= 11 is 5.90. The van der Waals surface area contributed by atoms with Gasteiger partial charge in [0.2, 0.25) is 5.69 Å². The minimum atomic E-state index is -0.483. The molecule has 0 radical (unpaired) electrons. The highest BCUT2D eigenvalue weighted by molar-refractivity contribution is 6.29. The van der Waals surface area contributed by atoms with Crippen LogP contribution in [0.3, 0.4) is 0 Å². The van der Waals surface area contributed by atoms with Crippen molar-refractivity contribution in [3.63, 3.8) is 0 Å². The molecule has 1 aromatic heterocycles. The minimum absolute atomic E-state index is 0.165. The van der Waals surface area contributed by atoms with Crippen molar-refractivity contribution >= 4 is 29.2 Å². The fraction of sp³-hybridized carbons (Fsp3) is 0.600. The standard InChI is InChI=1S/C15H23ClN4O3/c1-15(2,3)23-14(21)20-8-6-10(7-9-20)17-13-11(19-22)4-5-12(16)18-13/h4-5,10,19,22H,6-9H2,1-3H3,(H,17,18)/p+1. The lowest BCUT2D eigenvalue weighted by molar-refractivity contribution is -0.825. The van der Waals surface area contributed by atoms with Crippen LogP contribution in [-0.2, 0) is 4.74 Å². The third-order valence-corrected chi connectivity index (χ3v) is 3.73. The Bertz CT molecular complexity index is 554. The molecule has 0 aliphatic carbocycles. The van der Waals surface area contributed by atoms with E-state index in [0.717, 1.165) is 18.3 Å². The Labute approximate surface area is 140 Å². The number of halogens is 1. The second-order valence-electron chi connectivity index (χ2n) is 6.59. The van der Waals surface area contributed by atoms with Crippen molar-refractivity contribution in [2.24, 2.45) is 0 Å². The molecule has 0 atom stereocenters. The summed E-state index contributed by atoms with van der Waals surface area (Å²) in [7, 11) is 0. The number of quaternary nitrogens is 1. The molecule has 0 spiro atoms. The Balaban J connectivity index is 1.90. The van der Waals surface area contributed by atoms with E-state index in [9.17, 15) is 10.0 Å². The van der Waals surface area contributed by atoms with Gasteiger partial charge in [-0.3, -0.25) is 0 Å². The van der Waals surface area contributed by atoms with Gasteiger partial charge in [0.05, 0.1) is 0 Å². The number of rotatable bonds is 3. The number of nitrogens with two attached hydrogens (primary N) is 1. The molecule has 4 N–H and O–H groups in total. The van der Waals surface area contributed by atoms with E-state index >= 15 is 0 Å². The smallest absolute Gasteiger partial charge is 0.410 e. The van der Waals surface area contributed by atoms with Gasteiger partial charge in [-0.1, -0.05) is 11.6 Å². The predicted molar refractivity (Wildman–Crippen MR) is 87.1 cm³/mol. The number of amides is 1. The number of piperidine rings is 1. The molecule has 1 fully saturated rings. The molecule has 23 heavy (non-hydrogen) atoms. The Morgan fingerprint density at radius 3 is 2.65 bits per heavy atom. The third-order valence-electron chi connectivity index (χ3n) is 3.52. The van der Waals surface area contributed by atoms with Gasteiger partial charge < -0.3 is 15.0 Å². The Morgan fingerprint density at radius 1 is 1.43 bits per heavy atom. The van der Waals surface area contributed by atoms with Crippen LogP contribution in [0, 0.1) is 0 Å². The molecule has 7 nitrogen and oxygen atoms in total. The second kappa shape index (κ2) is 7.33. The lowest BCUT2D eigenvalue weighted by Crippen LogP contribution is -2.74. The van der Waals surface area contributed by atoms with Crippen molar-refractivity contribution in [1.82, 2.24) is 9.88 Å². The highest BCUT2D eigenvalue weighted by atomic mass is 35.5. The van der Waals surface area contributed by atoms with Crippen molar-refractivity contribution in [2.45, 2.75) is 45.3 Å². The largest absolute Gasteiger partial charge is 0.444 e. The fourth-order valence-corrected chi connectivity index (χ4v) is 2.54. The van der Waals surface area contributed by atoms with E-state index in [-0.39, 0.29) is 12.1 Å². The number of carbonyl (C=O) groups is 1. The molecule has 1 aliphatic rings. The zero-order chi connectivity index (χ0) is 17.0. The topological polar surface area (TPSA) is 91.3 Å². The van der Waals surface area contributed by atoms with E-state index in [1.165, 1.54) is 0 Å². The van der Waals surface area contributed by atoms with Crippen molar-refractivity contribution in [3.05, 3.63) is 17.3 Å². The minimum Gasteiger partial charge on any atom is -0.444 e. The molecular weight excluding hydrogens is 320 g/mol. The highest BCUT2D eigenvalue weighted by Crippen LogP contribution is 2.22. The van der Waals surface area contributed by atoms with Gasteiger partial charge >= 0.3 is 6.09 Å². The van der Waals surface area contributed by atoms with Gasteiger partial charge in [-0.05, 0) is 39.7 Å². The molecule has 8 heteroatoms. The number of aromatic nitrogens is 1. The van der Waals surface area contributed by atoms with E-state index in [2.05, 4.69) is 10.3 Å². The highest BCUT2D eigenvalue weighted by Gasteiger charge is 2.27. The SMILES string of the molecule is CC(C)(C)OC(=O)N1CCC(Nc2nc(Cl)ccc2[NH2+]O)CC1. The molecule has 128 valence electrons. The van der Waals surface area contributed by atoms with E-state index in [1.54, 1.807) is 17.0 Å². The van der Waals surface area contributed by atoms with E-state index in [1.807, 2.05) is 20.8 Å². The number of pyridine rings is 1. The van der Waals surface area contributed by atoms with Gasteiger partial charge in [0, 0.05) is 25.2 Å². The summed E-state index contributed by atoms with van der Waals surface area (Å²) in [6.07, 6.45) is 1.28. The van der Waals surface area contributed by atoms with Crippen LogP contribution in [0.5, 0.6) is 0 Å². The number of hydrogen-bond acceptors (Lipinski definition) is 5. The normalized spacial score (nSPS) is 16.3.